The largest absolute Gasteiger partial charge is 0.465 e. The van der Waals surface area contributed by atoms with Gasteiger partial charge in [0.05, 0.1) is 19.3 Å². The molecule has 3 aromatic heterocycles. The first kappa shape index (κ1) is 24.1. The summed E-state index contributed by atoms with van der Waals surface area (Å²) < 4.78 is 5.77. The van der Waals surface area contributed by atoms with E-state index in [9.17, 15) is 14.7 Å². The summed E-state index contributed by atoms with van der Waals surface area (Å²) in [5, 5.41) is 10.7. The summed E-state index contributed by atoms with van der Waals surface area (Å²) >= 11 is 0. The van der Waals surface area contributed by atoms with Gasteiger partial charge in [-0.3, -0.25) is 9.78 Å². The number of rotatable bonds is 4. The van der Waals surface area contributed by atoms with Gasteiger partial charge in [-0.2, -0.15) is 0 Å². The third kappa shape index (κ3) is 4.18. The average Bonchev–Trinajstić information content (AvgIpc) is 3.59. The number of carbonyl (C=O) groups is 2. The first-order chi connectivity index (χ1) is 18.4. The van der Waals surface area contributed by atoms with Crippen LogP contribution in [0.5, 0.6) is 0 Å². The Labute approximate surface area is 220 Å². The van der Waals surface area contributed by atoms with Crippen molar-refractivity contribution < 1.29 is 19.4 Å². The van der Waals surface area contributed by atoms with Crippen LogP contribution >= 0.6 is 0 Å². The number of ether oxygens (including phenoxy) is 1. The van der Waals surface area contributed by atoms with E-state index in [1.807, 2.05) is 18.5 Å². The summed E-state index contributed by atoms with van der Waals surface area (Å²) in [4.78, 5) is 39.6. The number of nitrogens with one attached hydrogen (secondary N) is 1. The SMILES string of the molecule is CN(C)C(=O)c1ccc(-c2c[nH]c3ncc(-c4cc5c(c([C@@H]6CCCN6C(=O)O)c4)COCC5)cc23)cn1. The lowest BCUT2D eigenvalue weighted by molar-refractivity contribution is 0.0822. The number of aromatic amines is 1. The van der Waals surface area contributed by atoms with Gasteiger partial charge in [-0.1, -0.05) is 12.1 Å². The zero-order valence-electron chi connectivity index (χ0n) is 21.4. The molecular formula is C29H29N5O4. The lowest BCUT2D eigenvalue weighted by Crippen LogP contribution is -2.30. The lowest BCUT2D eigenvalue weighted by atomic mass is 9.88. The van der Waals surface area contributed by atoms with Gasteiger partial charge < -0.3 is 24.6 Å². The summed E-state index contributed by atoms with van der Waals surface area (Å²) in [7, 11) is 3.41. The van der Waals surface area contributed by atoms with Crippen molar-refractivity contribution in [1.82, 2.24) is 24.8 Å². The molecule has 0 bridgehead atoms. The van der Waals surface area contributed by atoms with E-state index in [-0.39, 0.29) is 11.9 Å². The molecule has 9 heteroatoms. The van der Waals surface area contributed by atoms with E-state index in [1.165, 1.54) is 10.5 Å². The van der Waals surface area contributed by atoms with Gasteiger partial charge in [-0.05, 0) is 59.7 Å². The maximum absolute atomic E-state index is 12.2. The standard InChI is InChI=1S/C29H29N5O4/c1-33(2)28(35)25-6-5-18(13-30-25)23-15-32-27-22(23)12-20(14-31-27)19-10-17-7-9-38-16-24(17)21(11-19)26-4-3-8-34(26)29(36)37/h5-6,10-15,26H,3-4,7-9,16H2,1-2H3,(H,31,32)(H,36,37)/t26-/m0/s1. The molecule has 38 heavy (non-hydrogen) atoms. The Bertz CT molecular complexity index is 1540. The van der Waals surface area contributed by atoms with E-state index >= 15 is 0 Å². The van der Waals surface area contributed by atoms with Gasteiger partial charge in [-0.25, -0.2) is 9.78 Å². The van der Waals surface area contributed by atoms with Crippen molar-refractivity contribution in [1.29, 1.82) is 0 Å². The maximum atomic E-state index is 12.2. The van der Waals surface area contributed by atoms with E-state index < -0.39 is 6.09 Å². The van der Waals surface area contributed by atoms with Gasteiger partial charge in [0.15, 0.2) is 0 Å². The van der Waals surface area contributed by atoms with Gasteiger partial charge in [0.1, 0.15) is 11.3 Å². The fourth-order valence-electron chi connectivity index (χ4n) is 5.60. The molecule has 2 N–H and O–H groups in total. The molecule has 2 amide bonds. The molecule has 5 heterocycles. The molecule has 194 valence electrons. The zero-order chi connectivity index (χ0) is 26.4. The third-order valence-corrected chi connectivity index (χ3v) is 7.56. The van der Waals surface area contributed by atoms with Crippen molar-refractivity contribution in [2.45, 2.75) is 31.9 Å². The molecule has 2 aliphatic heterocycles. The van der Waals surface area contributed by atoms with E-state index in [0.29, 0.717) is 25.5 Å². The Balaban J connectivity index is 1.42. The highest BCUT2D eigenvalue weighted by atomic mass is 16.5. The number of benzene rings is 1. The predicted molar refractivity (Wildman–Crippen MR) is 143 cm³/mol. The van der Waals surface area contributed by atoms with Crippen LogP contribution in [0.25, 0.3) is 33.3 Å². The van der Waals surface area contributed by atoms with Gasteiger partial charge in [0.2, 0.25) is 0 Å². The number of likely N-dealkylation sites (tertiary alicyclic amines) is 1. The van der Waals surface area contributed by atoms with Gasteiger partial charge in [-0.15, -0.1) is 0 Å². The molecule has 2 aliphatic rings. The van der Waals surface area contributed by atoms with Crippen LogP contribution in [0.15, 0.2) is 48.9 Å². The number of amides is 2. The molecule has 0 radical (unpaired) electrons. The summed E-state index contributed by atoms with van der Waals surface area (Å²) in [6.07, 6.45) is 7.05. The molecular weight excluding hydrogens is 482 g/mol. The number of pyridine rings is 2. The summed E-state index contributed by atoms with van der Waals surface area (Å²) in [6, 6.07) is 9.90. The van der Waals surface area contributed by atoms with Crippen LogP contribution < -0.4 is 0 Å². The number of fused-ring (bicyclic) bond motifs is 2. The van der Waals surface area contributed by atoms with Crippen LogP contribution in [-0.2, 0) is 17.8 Å². The molecule has 1 atom stereocenters. The van der Waals surface area contributed by atoms with Crippen LogP contribution in [0, 0.1) is 0 Å². The van der Waals surface area contributed by atoms with E-state index in [1.54, 1.807) is 31.3 Å². The fourth-order valence-corrected chi connectivity index (χ4v) is 5.60. The smallest absolute Gasteiger partial charge is 0.407 e. The van der Waals surface area contributed by atoms with Crippen LogP contribution in [0.3, 0.4) is 0 Å². The number of aromatic nitrogens is 3. The number of carbonyl (C=O) groups excluding carboxylic acids is 1. The molecule has 0 aliphatic carbocycles. The van der Waals surface area contributed by atoms with Crippen LogP contribution in [0.4, 0.5) is 4.79 Å². The maximum Gasteiger partial charge on any atom is 0.407 e. The minimum absolute atomic E-state index is 0.142. The second kappa shape index (κ2) is 9.57. The number of hydrogen-bond donors (Lipinski definition) is 2. The van der Waals surface area contributed by atoms with E-state index in [0.717, 1.165) is 63.7 Å². The molecule has 4 aromatic rings. The predicted octanol–water partition coefficient (Wildman–Crippen LogP) is 4.88. The van der Waals surface area contributed by atoms with Crippen molar-refractivity contribution in [3.63, 3.8) is 0 Å². The lowest BCUT2D eigenvalue weighted by Gasteiger charge is -2.28. The van der Waals surface area contributed by atoms with Gasteiger partial charge in [0, 0.05) is 61.3 Å². The molecule has 0 spiro atoms. The van der Waals surface area contributed by atoms with Crippen molar-refractivity contribution in [3.8, 4) is 22.3 Å². The molecule has 1 aromatic carbocycles. The van der Waals surface area contributed by atoms with E-state index in [4.69, 9.17) is 4.74 Å². The Kier molecular flexibility index (Phi) is 6.07. The zero-order valence-corrected chi connectivity index (χ0v) is 21.4. The number of H-pyrrole nitrogens is 1. The Hall–Kier alpha value is -4.24. The van der Waals surface area contributed by atoms with Gasteiger partial charge in [0.25, 0.3) is 5.91 Å². The minimum atomic E-state index is -0.879. The Morgan fingerprint density at radius 2 is 1.95 bits per heavy atom. The number of carboxylic acid groups (broad SMARTS) is 1. The second-order valence-corrected chi connectivity index (χ2v) is 10.1. The Morgan fingerprint density at radius 1 is 1.11 bits per heavy atom. The monoisotopic (exact) mass is 511 g/mol. The van der Waals surface area contributed by atoms with Crippen molar-refractivity contribution >= 4 is 23.0 Å². The van der Waals surface area contributed by atoms with Crippen LogP contribution in [0.1, 0.15) is 46.1 Å². The third-order valence-electron chi connectivity index (χ3n) is 7.56. The first-order valence-corrected chi connectivity index (χ1v) is 12.8. The fraction of sp³-hybridized carbons (Fsp3) is 0.310. The first-order valence-electron chi connectivity index (χ1n) is 12.8. The van der Waals surface area contributed by atoms with Gasteiger partial charge >= 0.3 is 6.09 Å². The molecule has 1 fully saturated rings. The number of nitrogens with zero attached hydrogens (tertiary/aromatic N) is 4. The molecule has 0 saturated carbocycles. The highest BCUT2D eigenvalue weighted by Crippen LogP contribution is 2.40. The second-order valence-electron chi connectivity index (χ2n) is 10.1. The Morgan fingerprint density at radius 3 is 2.71 bits per heavy atom. The van der Waals surface area contributed by atoms with Crippen molar-refractivity contribution in [3.05, 3.63) is 71.3 Å². The normalized spacial score (nSPS) is 17.0. The summed E-state index contributed by atoms with van der Waals surface area (Å²) in [5.74, 6) is -0.142. The van der Waals surface area contributed by atoms with Crippen LogP contribution in [-0.4, -0.2) is 69.1 Å². The molecule has 1 saturated heterocycles. The molecule has 6 rings (SSSR count). The molecule has 9 nitrogen and oxygen atoms in total. The quantitative estimate of drug-likeness (QED) is 0.404. The van der Waals surface area contributed by atoms with Crippen molar-refractivity contribution in [2.75, 3.05) is 27.2 Å². The molecule has 0 unspecified atom stereocenters. The topological polar surface area (TPSA) is 112 Å². The van der Waals surface area contributed by atoms with Crippen LogP contribution in [0.2, 0.25) is 0 Å². The highest BCUT2D eigenvalue weighted by Gasteiger charge is 2.33. The minimum Gasteiger partial charge on any atom is -0.465 e. The van der Waals surface area contributed by atoms with Crippen molar-refractivity contribution in [2.24, 2.45) is 0 Å². The number of hydrogen-bond acceptors (Lipinski definition) is 5. The highest BCUT2D eigenvalue weighted by molar-refractivity contribution is 5.97. The van der Waals surface area contributed by atoms with E-state index in [2.05, 4.69) is 33.2 Å². The summed E-state index contributed by atoms with van der Waals surface area (Å²) in [5.41, 5.74) is 8.33. The summed E-state index contributed by atoms with van der Waals surface area (Å²) in [6.45, 7) is 1.71. The average molecular weight is 512 g/mol.